The molecular formula is C75H60N4OPt-2. The fraction of sp³-hybridized carbons (Fsp3) is 0.120. The third-order valence-electron chi connectivity index (χ3n) is 14.3. The molecule has 0 amide bonds. The van der Waals surface area contributed by atoms with Crippen molar-refractivity contribution >= 4 is 32.8 Å². The SMILES string of the molecule is [2H]c1c([2H])c([2H])c(-c2cc(-c3cccc(C(C)(C)C)c3)c(-[n+]3[c-]n(-c4[c-]c(Oc5[c-]c6c(cc5)c5ccccc5n6-c5cc(C([2H])([2H])[2H])c(-c6c([2H])c([2H])c([2H])c([2H])c6[2H])cn5)ccc4)c4cc(-c5c([2H])c([2H])c([2H])c([2H])c5[2H])ccc43)c(-c3cccc(C(C)(C)C)c3)c2)c([2H])c1[2H].[Pt]. The summed E-state index contributed by atoms with van der Waals surface area (Å²) in [4.78, 5) is 4.72. The maximum absolute atomic E-state index is 9.31. The molecule has 0 saturated carbocycles. The Morgan fingerprint density at radius 2 is 1.11 bits per heavy atom. The van der Waals surface area contributed by atoms with Crippen LogP contribution >= 0.6 is 0 Å². The van der Waals surface area contributed by atoms with Crippen LogP contribution < -0.4 is 9.30 Å². The fourth-order valence-electron chi connectivity index (χ4n) is 10.2. The molecule has 13 rings (SSSR count). The number of fused-ring (bicyclic) bond motifs is 4. The van der Waals surface area contributed by atoms with E-state index in [1.807, 2.05) is 83.4 Å². The Balaban J connectivity index is 0.00000931. The summed E-state index contributed by atoms with van der Waals surface area (Å²) < 4.78 is 169. The van der Waals surface area contributed by atoms with Crippen molar-refractivity contribution < 1.29 is 55.0 Å². The Bertz CT molecular complexity index is 5370. The predicted molar refractivity (Wildman–Crippen MR) is 329 cm³/mol. The summed E-state index contributed by atoms with van der Waals surface area (Å²) in [6.45, 7) is 9.76. The number of aromatic nitrogens is 4. The zero-order valence-electron chi connectivity index (χ0n) is 62.9. The van der Waals surface area contributed by atoms with Crippen molar-refractivity contribution in [3.8, 4) is 84.3 Å². The average Bonchev–Trinajstić information content (AvgIpc) is 1.72. The summed E-state index contributed by atoms with van der Waals surface area (Å²) in [6, 6.07) is 41.5. The van der Waals surface area contributed by atoms with Gasteiger partial charge >= 0.3 is 0 Å². The standard InChI is InChI=1S/C75H60N4O.Pt/c1-50-40-72(76-48-67(50)53-26-15-10-16-27-53)79-68-35-18-17-34-63(68)64-38-37-62(47-70(64)79)80-61-33-21-32-60(46-61)77-49-78(69-39-36-54(45-71(69)77)51-22-11-8-12-23-51)73-65(55-28-19-30-58(41-55)74(2,3)4)43-57(52-24-13-9-14-25-52)44-66(73)56-29-20-31-59(42-56)75(5,6)7;/h8-45,48H,1-7H3;/q-2;/i1D3,8D,9D,10D,11D,12D,13D,14D,15D,16D,22D,23D,24D,25D,26D,27D;. The topological polar surface area (TPSA) is 35.9 Å². The van der Waals surface area contributed by atoms with E-state index in [4.69, 9.17) is 31.7 Å². The van der Waals surface area contributed by atoms with Gasteiger partial charge in [-0.05, 0) is 126 Å². The van der Waals surface area contributed by atoms with Crippen LogP contribution in [0.15, 0.2) is 236 Å². The summed E-state index contributed by atoms with van der Waals surface area (Å²) in [7, 11) is 0. The Labute approximate surface area is 515 Å². The third-order valence-corrected chi connectivity index (χ3v) is 14.3. The van der Waals surface area contributed by atoms with E-state index in [1.165, 1.54) is 12.3 Å². The van der Waals surface area contributed by atoms with E-state index in [1.54, 1.807) is 51.6 Å². The van der Waals surface area contributed by atoms with E-state index in [9.17, 15) is 2.74 Å². The first-order chi connectivity index (χ1) is 46.2. The number of benzene rings is 10. The number of pyridine rings is 1. The van der Waals surface area contributed by atoms with Gasteiger partial charge in [0.1, 0.15) is 5.82 Å². The molecule has 6 heteroatoms. The van der Waals surface area contributed by atoms with Gasteiger partial charge in [-0.1, -0.05) is 217 Å². The van der Waals surface area contributed by atoms with E-state index in [0.717, 1.165) is 27.6 Å². The van der Waals surface area contributed by atoms with Gasteiger partial charge in [0.25, 0.3) is 6.33 Å². The summed E-state index contributed by atoms with van der Waals surface area (Å²) in [5.74, 6) is 0.521. The maximum Gasteiger partial charge on any atom is 0.268 e. The van der Waals surface area contributed by atoms with E-state index < -0.39 is 85.4 Å². The smallest absolute Gasteiger partial charge is 0.268 e. The monoisotopic (exact) mass is 1250 g/mol. The van der Waals surface area contributed by atoms with Crippen LogP contribution in [0.4, 0.5) is 0 Å². The van der Waals surface area contributed by atoms with Gasteiger partial charge in [-0.15, -0.1) is 29.7 Å². The minimum atomic E-state index is -2.85. The van der Waals surface area contributed by atoms with Crippen LogP contribution in [-0.4, -0.2) is 14.1 Å². The van der Waals surface area contributed by atoms with E-state index in [0.29, 0.717) is 55.5 Å². The van der Waals surface area contributed by atoms with Gasteiger partial charge in [0, 0.05) is 54.0 Å². The average molecular weight is 1250 g/mol. The first-order valence-electron chi connectivity index (χ1n) is 35.0. The maximum atomic E-state index is 9.31. The van der Waals surface area contributed by atoms with Crippen LogP contribution in [-0.2, 0) is 31.9 Å². The molecule has 0 saturated heterocycles. The zero-order chi connectivity index (χ0) is 70.3. The summed E-state index contributed by atoms with van der Waals surface area (Å²) in [5, 5.41) is 1.46. The molecule has 0 spiro atoms. The van der Waals surface area contributed by atoms with Crippen LogP contribution in [0, 0.1) is 25.3 Å². The van der Waals surface area contributed by atoms with Crippen LogP contribution in [0.5, 0.6) is 11.5 Å². The molecule has 0 unspecified atom stereocenters. The number of ether oxygens (including phenoxy) is 1. The van der Waals surface area contributed by atoms with E-state index in [-0.39, 0.29) is 94.7 Å². The molecule has 0 fully saturated rings. The zero-order valence-corrected chi connectivity index (χ0v) is 47.1. The van der Waals surface area contributed by atoms with Gasteiger partial charge in [-0.3, -0.25) is 4.57 Å². The number of imidazole rings is 1. The van der Waals surface area contributed by atoms with Crippen LogP contribution in [0.2, 0.25) is 0 Å². The molecule has 0 N–H and O–H groups in total. The van der Waals surface area contributed by atoms with Crippen LogP contribution in [0.3, 0.4) is 0 Å². The molecule has 0 aliphatic heterocycles. The minimum absolute atomic E-state index is 0. The molecule has 0 aliphatic rings. The number of nitrogens with zero attached hydrogens (tertiary/aromatic N) is 4. The van der Waals surface area contributed by atoms with Gasteiger partial charge in [0.2, 0.25) is 0 Å². The Morgan fingerprint density at radius 3 is 1.75 bits per heavy atom. The largest absolute Gasteiger partial charge is 0.510 e. The van der Waals surface area contributed by atoms with Crippen LogP contribution in [0.25, 0.3) is 106 Å². The molecule has 3 aromatic heterocycles. The Hall–Kier alpha value is -8.89. The van der Waals surface area contributed by atoms with Crippen LogP contribution in [0.1, 0.15) is 82.9 Å². The summed E-state index contributed by atoms with van der Waals surface area (Å²) >= 11 is 0. The quantitative estimate of drug-likeness (QED) is 0.101. The number of para-hydroxylation sites is 1. The number of hydrogen-bond donors (Lipinski definition) is 0. The Kier molecular flexibility index (Phi) is 9.38. The normalized spacial score (nSPS) is 15.1. The van der Waals surface area contributed by atoms with Crippen molar-refractivity contribution in [1.29, 1.82) is 0 Å². The van der Waals surface area contributed by atoms with E-state index >= 15 is 0 Å². The van der Waals surface area contributed by atoms with Gasteiger partial charge in [-0.25, -0.2) is 4.98 Å². The second-order valence-electron chi connectivity index (χ2n) is 21.6. The molecule has 81 heavy (non-hydrogen) atoms. The number of aryl methyl sites for hydroxylation is 1. The van der Waals surface area contributed by atoms with Crippen molar-refractivity contribution in [3.05, 3.63) is 272 Å². The molecule has 0 bridgehead atoms. The van der Waals surface area contributed by atoms with Gasteiger partial charge in [-0.2, -0.15) is 18.2 Å². The second kappa shape index (κ2) is 21.3. The molecular weight excluding hydrogens is 1170 g/mol. The molecule has 0 radical (unpaired) electrons. The first kappa shape index (κ1) is 35.7. The fourth-order valence-corrected chi connectivity index (χ4v) is 10.2. The predicted octanol–water partition coefficient (Wildman–Crippen LogP) is 18.8. The molecule has 13 aromatic rings. The first-order valence-corrected chi connectivity index (χ1v) is 26.0. The van der Waals surface area contributed by atoms with Crippen molar-refractivity contribution in [3.63, 3.8) is 0 Å². The molecule has 10 aromatic carbocycles. The van der Waals surface area contributed by atoms with Crippen molar-refractivity contribution in [2.45, 2.75) is 59.2 Å². The minimum Gasteiger partial charge on any atom is -0.510 e. The second-order valence-corrected chi connectivity index (χ2v) is 21.6. The molecule has 0 atom stereocenters. The number of rotatable bonds is 10. The molecule has 398 valence electrons. The molecule has 5 nitrogen and oxygen atoms in total. The van der Waals surface area contributed by atoms with Gasteiger partial charge < -0.3 is 13.9 Å². The van der Waals surface area contributed by atoms with Crippen molar-refractivity contribution in [2.75, 3.05) is 0 Å². The summed E-state index contributed by atoms with van der Waals surface area (Å²) in [6.07, 6.45) is 4.87. The van der Waals surface area contributed by atoms with Gasteiger partial charge in [0.05, 0.1) is 37.3 Å². The molecule has 0 aliphatic carbocycles. The van der Waals surface area contributed by atoms with Gasteiger partial charge in [0.15, 0.2) is 0 Å². The van der Waals surface area contributed by atoms with Crippen molar-refractivity contribution in [1.82, 2.24) is 14.1 Å². The number of hydrogen-bond acceptors (Lipinski definition) is 2. The van der Waals surface area contributed by atoms with Crippen molar-refractivity contribution in [2.24, 2.45) is 0 Å². The Morgan fingerprint density at radius 1 is 0.506 bits per heavy atom. The summed E-state index contributed by atoms with van der Waals surface area (Å²) in [5.41, 5.74) is 6.65. The third kappa shape index (κ3) is 10.1. The molecule has 3 heterocycles. The van der Waals surface area contributed by atoms with E-state index in [2.05, 4.69) is 72.1 Å².